The Morgan fingerprint density at radius 1 is 1.05 bits per heavy atom. The van der Waals surface area contributed by atoms with Crippen molar-refractivity contribution in [3.63, 3.8) is 0 Å². The number of nitrogens with one attached hydrogen (secondary N) is 1. The number of carbonyl (C=O) groups is 1. The van der Waals surface area contributed by atoms with Crippen LogP contribution in [0.15, 0.2) is 71.2 Å². The van der Waals surface area contributed by atoms with Crippen LogP contribution in [0.1, 0.15) is 50.6 Å². The van der Waals surface area contributed by atoms with Crippen molar-refractivity contribution in [1.29, 1.82) is 0 Å². The van der Waals surface area contributed by atoms with Crippen molar-refractivity contribution in [3.05, 3.63) is 78.7 Å². The number of thioether (sulfide) groups is 1. The summed E-state index contributed by atoms with van der Waals surface area (Å²) >= 11 is 0.721. The van der Waals surface area contributed by atoms with Gasteiger partial charge in [-0.15, -0.1) is 35.1 Å². The van der Waals surface area contributed by atoms with Crippen LogP contribution in [0.4, 0.5) is 36.8 Å². The number of amides is 1. The molecule has 0 aliphatic rings. The summed E-state index contributed by atoms with van der Waals surface area (Å²) in [6.45, 7) is 11.0. The minimum Gasteiger partial charge on any atom is -0.444 e. The van der Waals surface area contributed by atoms with Crippen LogP contribution in [-0.4, -0.2) is 38.8 Å². The molecule has 2 aromatic heterocycles. The molecule has 1 aromatic carbocycles. The molecule has 1 atom stereocenters. The van der Waals surface area contributed by atoms with Gasteiger partial charge in [-0.3, -0.25) is 5.32 Å². The first-order valence-corrected chi connectivity index (χ1v) is 14.0. The Hall–Kier alpha value is -3.85. The van der Waals surface area contributed by atoms with Crippen molar-refractivity contribution in [2.24, 2.45) is 0 Å². The van der Waals surface area contributed by atoms with E-state index in [4.69, 9.17) is 13.9 Å². The smallest absolute Gasteiger partial charge is 0.426 e. The number of rotatable bonds is 12. The number of anilines is 1. The monoisotopic (exact) mass is 644 g/mol. The van der Waals surface area contributed by atoms with E-state index < -0.39 is 76.4 Å². The Bertz CT molecular complexity index is 1450. The zero-order valence-electron chi connectivity index (χ0n) is 24.0. The van der Waals surface area contributed by atoms with E-state index in [1.54, 1.807) is 30.3 Å². The molecule has 3 rings (SSSR count). The predicted molar refractivity (Wildman–Crippen MR) is 152 cm³/mol. The van der Waals surface area contributed by atoms with Gasteiger partial charge in [0.1, 0.15) is 10.6 Å². The van der Waals surface area contributed by atoms with E-state index in [2.05, 4.69) is 33.7 Å². The predicted octanol–water partition coefficient (Wildman–Crippen LogP) is 8.72. The lowest BCUT2D eigenvalue weighted by atomic mass is 9.98. The van der Waals surface area contributed by atoms with Crippen molar-refractivity contribution in [1.82, 2.24) is 15.2 Å². The van der Waals surface area contributed by atoms with Crippen LogP contribution in [0.2, 0.25) is 0 Å². The third-order valence-corrected chi connectivity index (χ3v) is 6.70. The van der Waals surface area contributed by atoms with Crippen molar-refractivity contribution in [2.45, 2.75) is 68.8 Å². The Labute approximate surface area is 253 Å². The highest BCUT2D eigenvalue weighted by atomic mass is 32.2. The number of aromatic nitrogens is 3. The maximum absolute atomic E-state index is 14.7. The van der Waals surface area contributed by atoms with Gasteiger partial charge in [0.25, 0.3) is 11.8 Å². The molecule has 0 saturated carbocycles. The lowest BCUT2D eigenvalue weighted by Crippen LogP contribution is -2.45. The number of carbonyl (C=O) groups excluding carboxylic acids is 1. The summed E-state index contributed by atoms with van der Waals surface area (Å²) in [7, 11) is 0. The average Bonchev–Trinajstić information content (AvgIpc) is 3.40. The zero-order valence-corrected chi connectivity index (χ0v) is 24.8. The van der Waals surface area contributed by atoms with Crippen LogP contribution in [0.3, 0.4) is 0 Å². The van der Waals surface area contributed by atoms with Crippen molar-refractivity contribution in [3.8, 4) is 11.6 Å². The second kappa shape index (κ2) is 13.8. The molecule has 0 fully saturated rings. The minimum absolute atomic E-state index is 0.150. The quantitative estimate of drug-likeness (QED) is 0.0905. The summed E-state index contributed by atoms with van der Waals surface area (Å²) in [5, 5.41) is 8.91. The van der Waals surface area contributed by atoms with Crippen molar-refractivity contribution < 1.29 is 45.0 Å². The van der Waals surface area contributed by atoms with Gasteiger partial charge in [0.05, 0.1) is 17.9 Å². The van der Waals surface area contributed by atoms with E-state index in [1.807, 2.05) is 0 Å². The van der Waals surface area contributed by atoms with Gasteiger partial charge in [0, 0.05) is 12.2 Å². The third kappa shape index (κ3) is 8.62. The lowest BCUT2D eigenvalue weighted by molar-refractivity contribution is -0.295. The van der Waals surface area contributed by atoms with E-state index in [0.717, 1.165) is 17.8 Å². The number of pyridine rings is 1. The average molecular weight is 645 g/mol. The number of hydrogen-bond donors (Lipinski definition) is 1. The molecule has 15 heteroatoms. The Balaban J connectivity index is 2.18. The summed E-state index contributed by atoms with van der Waals surface area (Å²) in [5.74, 6) is -1.59. The SMILES string of the molecule is C=CCCSc1nc(-c2nnc([C@@](CC=C)(OCc3ccccc3)C(F)(F)F)o2)c(NC(=O)OC(C)(C)C)cc1C(F)(F)F. The molecule has 0 aliphatic heterocycles. The van der Waals surface area contributed by atoms with Gasteiger partial charge >= 0.3 is 18.4 Å². The Kier molecular flexibility index (Phi) is 10.9. The molecule has 8 nitrogen and oxygen atoms in total. The number of nitrogens with zero attached hydrogens (tertiary/aromatic N) is 3. The van der Waals surface area contributed by atoms with Gasteiger partial charge in [0.2, 0.25) is 5.60 Å². The van der Waals surface area contributed by atoms with Crippen LogP contribution in [0, 0.1) is 0 Å². The Morgan fingerprint density at radius 2 is 1.73 bits per heavy atom. The van der Waals surface area contributed by atoms with E-state index in [1.165, 1.54) is 26.8 Å². The van der Waals surface area contributed by atoms with E-state index in [0.29, 0.717) is 18.1 Å². The van der Waals surface area contributed by atoms with Crippen LogP contribution < -0.4 is 5.32 Å². The normalized spacial score (nSPS) is 13.7. The minimum atomic E-state index is -5.10. The zero-order chi connectivity index (χ0) is 32.8. The molecule has 1 N–H and O–H groups in total. The van der Waals surface area contributed by atoms with Gasteiger partial charge in [-0.2, -0.15) is 26.3 Å². The van der Waals surface area contributed by atoms with E-state index in [-0.39, 0.29) is 5.75 Å². The number of alkyl halides is 6. The molecular weight excluding hydrogens is 614 g/mol. The summed E-state index contributed by atoms with van der Waals surface area (Å²) in [6, 6.07) is 8.61. The number of benzene rings is 1. The van der Waals surface area contributed by atoms with Gasteiger partial charge in [0.15, 0.2) is 5.69 Å². The Morgan fingerprint density at radius 3 is 2.30 bits per heavy atom. The van der Waals surface area contributed by atoms with Crippen LogP contribution >= 0.6 is 11.8 Å². The molecule has 3 aromatic rings. The summed E-state index contributed by atoms with van der Waals surface area (Å²) in [5.41, 5.74) is -6.08. The van der Waals surface area contributed by atoms with Crippen LogP contribution in [0.5, 0.6) is 0 Å². The molecule has 238 valence electrons. The second-order valence-electron chi connectivity index (χ2n) is 10.3. The molecule has 0 unspecified atom stereocenters. The second-order valence-corrected chi connectivity index (χ2v) is 11.4. The van der Waals surface area contributed by atoms with Crippen molar-refractivity contribution >= 4 is 23.5 Å². The lowest BCUT2D eigenvalue weighted by Gasteiger charge is -2.31. The highest BCUT2D eigenvalue weighted by Crippen LogP contribution is 2.47. The number of allylic oxidation sites excluding steroid dienone is 1. The molecule has 0 bridgehead atoms. The first-order chi connectivity index (χ1) is 20.5. The summed E-state index contributed by atoms with van der Waals surface area (Å²) in [6.07, 6.45) is -9.21. The summed E-state index contributed by atoms with van der Waals surface area (Å²) < 4.78 is 102. The summed E-state index contributed by atoms with van der Waals surface area (Å²) in [4.78, 5) is 16.6. The van der Waals surface area contributed by atoms with Gasteiger partial charge in [-0.1, -0.05) is 42.5 Å². The molecule has 0 saturated heterocycles. The maximum atomic E-state index is 14.7. The molecule has 0 spiro atoms. The first-order valence-electron chi connectivity index (χ1n) is 13.1. The number of ether oxygens (including phenoxy) is 2. The van der Waals surface area contributed by atoms with Gasteiger partial charge in [-0.25, -0.2) is 9.78 Å². The highest BCUT2D eigenvalue weighted by molar-refractivity contribution is 7.99. The molecule has 44 heavy (non-hydrogen) atoms. The number of halogens is 6. The topological polar surface area (TPSA) is 99.4 Å². The van der Waals surface area contributed by atoms with E-state index in [9.17, 15) is 31.1 Å². The largest absolute Gasteiger partial charge is 0.444 e. The third-order valence-electron chi connectivity index (χ3n) is 5.68. The molecule has 1 amide bonds. The maximum Gasteiger partial charge on any atom is 0.426 e. The fourth-order valence-corrected chi connectivity index (χ4v) is 4.68. The van der Waals surface area contributed by atoms with Gasteiger partial charge in [-0.05, 0) is 38.8 Å². The van der Waals surface area contributed by atoms with Crippen LogP contribution in [0.25, 0.3) is 11.6 Å². The molecule has 2 heterocycles. The standard InChI is InChI=1S/C29H30F6N4O4S/c1-6-8-15-44-23-19(28(30,31)32)16-20(36-25(40)43-26(3,4)5)21(37-23)22-38-39-24(42-22)27(14-7-2,29(33,34)35)41-17-18-12-10-9-11-13-18/h6-7,9-13,16H,1-2,8,14-15,17H2,3-5H3,(H,36,40)/t27-/m1/s1. The molecular formula is C29H30F6N4O4S. The van der Waals surface area contributed by atoms with Gasteiger partial charge < -0.3 is 13.9 Å². The molecule has 0 aliphatic carbocycles. The number of hydrogen-bond acceptors (Lipinski definition) is 8. The highest BCUT2D eigenvalue weighted by Gasteiger charge is 2.60. The fraction of sp³-hybridized carbons (Fsp3) is 0.379. The fourth-order valence-electron chi connectivity index (χ4n) is 3.71. The van der Waals surface area contributed by atoms with Crippen molar-refractivity contribution in [2.75, 3.05) is 11.1 Å². The van der Waals surface area contributed by atoms with E-state index >= 15 is 0 Å². The molecule has 0 radical (unpaired) electrons. The van der Waals surface area contributed by atoms with Crippen LogP contribution in [-0.2, 0) is 27.9 Å². The first kappa shape index (κ1) is 34.6.